The zero-order valence-electron chi connectivity index (χ0n) is 8.97. The molecule has 1 saturated carbocycles. The molecule has 0 radical (unpaired) electrons. The van der Waals surface area contributed by atoms with Gasteiger partial charge in [0.05, 0.1) is 5.69 Å². The third kappa shape index (κ3) is 1.78. The summed E-state index contributed by atoms with van der Waals surface area (Å²) in [4.78, 5) is 19.4. The number of hydrogen-bond donors (Lipinski definition) is 2. The highest BCUT2D eigenvalue weighted by Crippen LogP contribution is 2.38. The van der Waals surface area contributed by atoms with Crippen molar-refractivity contribution in [3.63, 3.8) is 0 Å². The topological polar surface area (TPSA) is 89.1 Å². The number of carboxylic acid groups (broad SMARTS) is 1. The van der Waals surface area contributed by atoms with Gasteiger partial charge in [-0.25, -0.2) is 9.97 Å². The van der Waals surface area contributed by atoms with Gasteiger partial charge in [0.15, 0.2) is 0 Å². The quantitative estimate of drug-likeness (QED) is 0.767. The van der Waals surface area contributed by atoms with E-state index >= 15 is 0 Å². The van der Waals surface area contributed by atoms with Gasteiger partial charge in [-0.05, 0) is 31.7 Å². The van der Waals surface area contributed by atoms with Gasteiger partial charge in [-0.3, -0.25) is 4.79 Å². The standard InChI is InChI=1S/C11H15N3O2/c12-8-1-4-11(5-2-8,10(15)16)9-3-6-13-7-14-9/h3,6-8H,1-2,4-5,12H2,(H,15,16). The van der Waals surface area contributed by atoms with E-state index < -0.39 is 11.4 Å². The van der Waals surface area contributed by atoms with Gasteiger partial charge in [0, 0.05) is 12.2 Å². The molecule has 0 saturated heterocycles. The first-order chi connectivity index (χ1) is 7.65. The molecule has 1 aliphatic rings. The maximum absolute atomic E-state index is 11.5. The monoisotopic (exact) mass is 221 g/mol. The van der Waals surface area contributed by atoms with E-state index in [1.807, 2.05) is 0 Å². The predicted octanol–water partition coefficient (Wildman–Crippen LogP) is 0.700. The molecular weight excluding hydrogens is 206 g/mol. The molecule has 3 N–H and O–H groups in total. The third-order valence-corrected chi connectivity index (χ3v) is 3.37. The van der Waals surface area contributed by atoms with E-state index in [4.69, 9.17) is 5.73 Å². The summed E-state index contributed by atoms with van der Waals surface area (Å²) in [5.74, 6) is -0.807. The van der Waals surface area contributed by atoms with Gasteiger partial charge in [0.1, 0.15) is 11.7 Å². The van der Waals surface area contributed by atoms with Crippen molar-refractivity contribution >= 4 is 5.97 Å². The second-order valence-corrected chi connectivity index (χ2v) is 4.32. The molecule has 0 unspecified atom stereocenters. The highest BCUT2D eigenvalue weighted by molar-refractivity contribution is 5.80. The molecule has 0 amide bonds. The molecule has 16 heavy (non-hydrogen) atoms. The molecule has 1 aliphatic carbocycles. The highest BCUT2D eigenvalue weighted by atomic mass is 16.4. The lowest BCUT2D eigenvalue weighted by Crippen LogP contribution is -2.43. The molecule has 0 aromatic carbocycles. The zero-order chi connectivity index (χ0) is 11.6. The van der Waals surface area contributed by atoms with Crippen LogP contribution < -0.4 is 5.73 Å². The first-order valence-electron chi connectivity index (χ1n) is 5.40. The van der Waals surface area contributed by atoms with Crippen LogP contribution in [0.3, 0.4) is 0 Å². The molecule has 86 valence electrons. The van der Waals surface area contributed by atoms with Crippen LogP contribution in [0.2, 0.25) is 0 Å². The second-order valence-electron chi connectivity index (χ2n) is 4.32. The summed E-state index contributed by atoms with van der Waals surface area (Å²) < 4.78 is 0. The first-order valence-corrected chi connectivity index (χ1v) is 5.40. The first kappa shape index (κ1) is 11.0. The Labute approximate surface area is 93.7 Å². The fraction of sp³-hybridized carbons (Fsp3) is 0.545. The SMILES string of the molecule is NC1CCC(C(=O)O)(c2ccncn2)CC1. The lowest BCUT2D eigenvalue weighted by molar-refractivity contribution is -0.145. The number of aliphatic carboxylic acids is 1. The van der Waals surface area contributed by atoms with Gasteiger partial charge >= 0.3 is 5.97 Å². The van der Waals surface area contributed by atoms with Gasteiger partial charge in [0.25, 0.3) is 0 Å². The molecule has 0 bridgehead atoms. The Hall–Kier alpha value is -1.49. The van der Waals surface area contributed by atoms with E-state index in [1.54, 1.807) is 12.3 Å². The van der Waals surface area contributed by atoms with Crippen molar-refractivity contribution in [1.29, 1.82) is 0 Å². The minimum absolute atomic E-state index is 0.120. The van der Waals surface area contributed by atoms with Crippen LogP contribution in [0.4, 0.5) is 0 Å². The zero-order valence-corrected chi connectivity index (χ0v) is 8.97. The Kier molecular flexibility index (Phi) is 2.87. The third-order valence-electron chi connectivity index (χ3n) is 3.37. The van der Waals surface area contributed by atoms with Crippen molar-refractivity contribution in [2.24, 2.45) is 5.73 Å². The fourth-order valence-corrected chi connectivity index (χ4v) is 2.29. The lowest BCUT2D eigenvalue weighted by atomic mass is 9.70. The molecule has 2 rings (SSSR count). The number of rotatable bonds is 2. The second kappa shape index (κ2) is 4.17. The average Bonchev–Trinajstić information content (AvgIpc) is 2.31. The summed E-state index contributed by atoms with van der Waals surface area (Å²) in [5.41, 5.74) is 5.55. The Bertz CT molecular complexity index is 372. The van der Waals surface area contributed by atoms with E-state index in [0.717, 1.165) is 12.8 Å². The maximum Gasteiger partial charge on any atom is 0.315 e. The minimum atomic E-state index is -0.862. The van der Waals surface area contributed by atoms with Gasteiger partial charge in [-0.1, -0.05) is 0 Å². The molecule has 0 atom stereocenters. The molecule has 0 spiro atoms. The Morgan fingerprint density at radius 2 is 2.19 bits per heavy atom. The molecule has 1 heterocycles. The van der Waals surface area contributed by atoms with E-state index in [9.17, 15) is 9.90 Å². The molecule has 5 heteroatoms. The van der Waals surface area contributed by atoms with Crippen LogP contribution in [-0.4, -0.2) is 27.1 Å². The van der Waals surface area contributed by atoms with E-state index in [-0.39, 0.29) is 6.04 Å². The molecule has 0 aliphatic heterocycles. The molecule has 5 nitrogen and oxygen atoms in total. The number of carbonyl (C=O) groups is 1. The van der Waals surface area contributed by atoms with Crippen LogP contribution in [0.15, 0.2) is 18.6 Å². The number of carboxylic acids is 1. The fourth-order valence-electron chi connectivity index (χ4n) is 2.29. The molecule has 1 aromatic heterocycles. The van der Waals surface area contributed by atoms with Crippen molar-refractivity contribution in [3.05, 3.63) is 24.3 Å². The van der Waals surface area contributed by atoms with Crippen LogP contribution in [-0.2, 0) is 10.2 Å². The van der Waals surface area contributed by atoms with Crippen LogP contribution in [0.1, 0.15) is 31.4 Å². The largest absolute Gasteiger partial charge is 0.481 e. The van der Waals surface area contributed by atoms with Crippen LogP contribution in [0.5, 0.6) is 0 Å². The van der Waals surface area contributed by atoms with Crippen LogP contribution in [0.25, 0.3) is 0 Å². The van der Waals surface area contributed by atoms with Crippen molar-refractivity contribution in [2.45, 2.75) is 37.1 Å². The average molecular weight is 221 g/mol. The van der Waals surface area contributed by atoms with Crippen LogP contribution in [0, 0.1) is 0 Å². The number of nitrogens with zero attached hydrogens (tertiary/aromatic N) is 2. The Morgan fingerprint density at radius 3 is 2.69 bits per heavy atom. The Balaban J connectivity index is 2.34. The summed E-state index contributed by atoms with van der Waals surface area (Å²) in [6, 6.07) is 1.81. The molecule has 1 aromatic rings. The summed E-state index contributed by atoms with van der Waals surface area (Å²) in [6.07, 6.45) is 5.56. The molecular formula is C11H15N3O2. The van der Waals surface area contributed by atoms with E-state index in [0.29, 0.717) is 18.5 Å². The van der Waals surface area contributed by atoms with Gasteiger partial charge in [0.2, 0.25) is 0 Å². The van der Waals surface area contributed by atoms with E-state index in [2.05, 4.69) is 9.97 Å². The van der Waals surface area contributed by atoms with Gasteiger partial charge in [-0.2, -0.15) is 0 Å². The highest BCUT2D eigenvalue weighted by Gasteiger charge is 2.44. The van der Waals surface area contributed by atoms with Crippen LogP contribution >= 0.6 is 0 Å². The smallest absolute Gasteiger partial charge is 0.315 e. The van der Waals surface area contributed by atoms with Gasteiger partial charge < -0.3 is 10.8 Å². The normalized spacial score (nSPS) is 29.9. The van der Waals surface area contributed by atoms with E-state index in [1.165, 1.54) is 6.33 Å². The lowest BCUT2D eigenvalue weighted by Gasteiger charge is -2.34. The maximum atomic E-state index is 11.5. The summed E-state index contributed by atoms with van der Waals surface area (Å²) in [6.45, 7) is 0. The van der Waals surface area contributed by atoms with Crippen molar-refractivity contribution in [1.82, 2.24) is 9.97 Å². The number of aromatic nitrogens is 2. The summed E-state index contributed by atoms with van der Waals surface area (Å²) in [7, 11) is 0. The minimum Gasteiger partial charge on any atom is -0.481 e. The van der Waals surface area contributed by atoms with Gasteiger partial charge in [-0.15, -0.1) is 0 Å². The van der Waals surface area contributed by atoms with Crippen molar-refractivity contribution in [3.8, 4) is 0 Å². The predicted molar refractivity (Wildman–Crippen MR) is 57.8 cm³/mol. The summed E-state index contributed by atoms with van der Waals surface area (Å²) >= 11 is 0. The number of nitrogens with two attached hydrogens (primary N) is 1. The van der Waals surface area contributed by atoms with Crippen molar-refractivity contribution < 1.29 is 9.90 Å². The Morgan fingerprint density at radius 1 is 1.50 bits per heavy atom. The summed E-state index contributed by atoms with van der Waals surface area (Å²) in [5, 5.41) is 9.43. The van der Waals surface area contributed by atoms with Crippen molar-refractivity contribution in [2.75, 3.05) is 0 Å². The molecule has 1 fully saturated rings. The number of hydrogen-bond acceptors (Lipinski definition) is 4.